The van der Waals surface area contributed by atoms with Gasteiger partial charge >= 0.3 is 0 Å². The Morgan fingerprint density at radius 3 is 2.31 bits per heavy atom. The van der Waals surface area contributed by atoms with Crippen molar-refractivity contribution in [3.63, 3.8) is 0 Å². The highest BCUT2D eigenvalue weighted by molar-refractivity contribution is 5.21. The number of para-hydroxylation sites is 1. The van der Waals surface area contributed by atoms with Gasteiger partial charge in [-0.05, 0) is 31.4 Å². The van der Waals surface area contributed by atoms with E-state index in [-0.39, 0.29) is 0 Å². The van der Waals surface area contributed by atoms with Crippen LogP contribution in [0.2, 0.25) is 0 Å². The van der Waals surface area contributed by atoms with Crippen LogP contribution in [0.4, 0.5) is 0 Å². The van der Waals surface area contributed by atoms with Crippen molar-refractivity contribution < 1.29 is 4.74 Å². The zero-order valence-corrected chi connectivity index (χ0v) is 10.6. The highest BCUT2D eigenvalue weighted by Gasteiger charge is 2.08. The van der Waals surface area contributed by atoms with Crippen LogP contribution >= 0.6 is 0 Å². The van der Waals surface area contributed by atoms with Gasteiger partial charge in [-0.25, -0.2) is 0 Å². The topological polar surface area (TPSA) is 9.23 Å². The minimum atomic E-state index is 0.402. The van der Waals surface area contributed by atoms with Crippen LogP contribution in [0.5, 0.6) is 5.75 Å². The number of unbranched alkanes of at least 4 members (excludes halogenated alkanes) is 2. The lowest BCUT2D eigenvalue weighted by molar-refractivity contribution is 0.176. The molecule has 1 atom stereocenters. The predicted octanol–water partition coefficient (Wildman–Crippen LogP) is 4.81. The molecule has 0 heterocycles. The molecule has 1 heteroatoms. The summed E-state index contributed by atoms with van der Waals surface area (Å²) in [6.07, 6.45) is 7.84. The SMILES string of the molecule is CCCCCC(CCC)Oc1ccccc1. The molecule has 0 saturated carbocycles. The third kappa shape index (κ3) is 5.20. The molecule has 0 fully saturated rings. The van der Waals surface area contributed by atoms with E-state index in [2.05, 4.69) is 13.8 Å². The average Bonchev–Trinajstić information content (AvgIpc) is 2.31. The number of ether oxygens (including phenoxy) is 1. The summed E-state index contributed by atoms with van der Waals surface area (Å²) in [6.45, 7) is 4.47. The molecule has 0 aliphatic carbocycles. The van der Waals surface area contributed by atoms with Gasteiger partial charge < -0.3 is 4.74 Å². The van der Waals surface area contributed by atoms with Gasteiger partial charge in [0.25, 0.3) is 0 Å². The standard InChI is InChI=1S/C15H24O/c1-3-5-7-11-14(10-4-2)16-15-12-8-6-9-13-15/h6,8-9,12-14H,3-5,7,10-11H2,1-2H3. The largest absolute Gasteiger partial charge is 0.490 e. The summed E-state index contributed by atoms with van der Waals surface area (Å²) in [5, 5.41) is 0. The number of benzene rings is 1. The summed E-state index contributed by atoms with van der Waals surface area (Å²) in [5.74, 6) is 1.01. The molecule has 1 rings (SSSR count). The first-order chi connectivity index (χ1) is 7.86. The van der Waals surface area contributed by atoms with E-state index in [0.717, 1.165) is 5.75 Å². The van der Waals surface area contributed by atoms with Crippen LogP contribution < -0.4 is 4.74 Å². The molecule has 1 nitrogen and oxygen atoms in total. The van der Waals surface area contributed by atoms with Crippen LogP contribution in [0.25, 0.3) is 0 Å². The lowest BCUT2D eigenvalue weighted by atomic mass is 10.1. The molecule has 0 aliphatic rings. The van der Waals surface area contributed by atoms with E-state index in [1.807, 2.05) is 30.3 Å². The van der Waals surface area contributed by atoms with Gasteiger partial charge in [-0.3, -0.25) is 0 Å². The fourth-order valence-electron chi connectivity index (χ4n) is 1.90. The molecule has 0 aromatic heterocycles. The molecule has 0 radical (unpaired) electrons. The Morgan fingerprint density at radius 2 is 1.69 bits per heavy atom. The Hall–Kier alpha value is -0.980. The van der Waals surface area contributed by atoms with E-state index in [4.69, 9.17) is 4.74 Å². The van der Waals surface area contributed by atoms with Gasteiger partial charge in [0.1, 0.15) is 5.75 Å². The minimum absolute atomic E-state index is 0.402. The fraction of sp³-hybridized carbons (Fsp3) is 0.600. The zero-order chi connectivity index (χ0) is 11.6. The smallest absolute Gasteiger partial charge is 0.119 e. The van der Waals surface area contributed by atoms with Gasteiger partial charge in [-0.2, -0.15) is 0 Å². The summed E-state index contributed by atoms with van der Waals surface area (Å²) in [6, 6.07) is 10.2. The normalized spacial score (nSPS) is 12.4. The molecule has 0 bridgehead atoms. The maximum absolute atomic E-state index is 6.00. The van der Waals surface area contributed by atoms with Crippen molar-refractivity contribution in [2.45, 2.75) is 58.5 Å². The van der Waals surface area contributed by atoms with Crippen molar-refractivity contribution in [1.29, 1.82) is 0 Å². The van der Waals surface area contributed by atoms with E-state index >= 15 is 0 Å². The summed E-state index contributed by atoms with van der Waals surface area (Å²) < 4.78 is 6.00. The Bertz CT molecular complexity index is 255. The first kappa shape index (κ1) is 13.1. The van der Waals surface area contributed by atoms with Crippen molar-refractivity contribution in [3.05, 3.63) is 30.3 Å². The molecule has 0 saturated heterocycles. The molecule has 1 aromatic rings. The molecular formula is C15H24O. The molecule has 1 unspecified atom stereocenters. The molecule has 16 heavy (non-hydrogen) atoms. The van der Waals surface area contributed by atoms with Gasteiger partial charge in [-0.15, -0.1) is 0 Å². The van der Waals surface area contributed by atoms with Gasteiger partial charge in [0.15, 0.2) is 0 Å². The molecule has 0 N–H and O–H groups in total. The zero-order valence-electron chi connectivity index (χ0n) is 10.6. The van der Waals surface area contributed by atoms with E-state index < -0.39 is 0 Å². The number of hydrogen-bond acceptors (Lipinski definition) is 1. The third-order valence-electron chi connectivity index (χ3n) is 2.79. The lowest BCUT2D eigenvalue weighted by Gasteiger charge is -2.18. The number of hydrogen-bond donors (Lipinski definition) is 0. The lowest BCUT2D eigenvalue weighted by Crippen LogP contribution is -2.16. The molecular weight excluding hydrogens is 196 g/mol. The maximum Gasteiger partial charge on any atom is 0.119 e. The van der Waals surface area contributed by atoms with E-state index in [1.54, 1.807) is 0 Å². The van der Waals surface area contributed by atoms with Crippen molar-refractivity contribution in [1.82, 2.24) is 0 Å². The van der Waals surface area contributed by atoms with Crippen molar-refractivity contribution in [2.75, 3.05) is 0 Å². The second-order valence-corrected chi connectivity index (χ2v) is 4.34. The first-order valence-corrected chi connectivity index (χ1v) is 6.58. The van der Waals surface area contributed by atoms with Crippen LogP contribution in [0.15, 0.2) is 30.3 Å². The van der Waals surface area contributed by atoms with E-state index in [0.29, 0.717) is 6.10 Å². The Balaban J connectivity index is 2.38. The summed E-state index contributed by atoms with van der Waals surface area (Å²) >= 11 is 0. The van der Waals surface area contributed by atoms with Crippen LogP contribution in [0.3, 0.4) is 0 Å². The monoisotopic (exact) mass is 220 g/mol. The minimum Gasteiger partial charge on any atom is -0.490 e. The average molecular weight is 220 g/mol. The maximum atomic E-state index is 6.00. The Labute approximate surface area is 99.8 Å². The Morgan fingerprint density at radius 1 is 0.938 bits per heavy atom. The van der Waals surface area contributed by atoms with Crippen LogP contribution in [0.1, 0.15) is 52.4 Å². The molecule has 0 amide bonds. The summed E-state index contributed by atoms with van der Waals surface area (Å²) in [4.78, 5) is 0. The second kappa shape index (κ2) is 8.20. The quantitative estimate of drug-likeness (QED) is 0.571. The van der Waals surface area contributed by atoms with Crippen molar-refractivity contribution in [2.24, 2.45) is 0 Å². The second-order valence-electron chi connectivity index (χ2n) is 4.34. The first-order valence-electron chi connectivity index (χ1n) is 6.58. The predicted molar refractivity (Wildman–Crippen MR) is 69.9 cm³/mol. The van der Waals surface area contributed by atoms with Crippen molar-refractivity contribution in [3.8, 4) is 5.75 Å². The van der Waals surface area contributed by atoms with Crippen molar-refractivity contribution >= 4 is 0 Å². The molecule has 0 aliphatic heterocycles. The summed E-state index contributed by atoms with van der Waals surface area (Å²) in [7, 11) is 0. The highest BCUT2D eigenvalue weighted by Crippen LogP contribution is 2.17. The van der Waals surface area contributed by atoms with Crippen LogP contribution in [-0.2, 0) is 0 Å². The molecule has 90 valence electrons. The van der Waals surface area contributed by atoms with Gasteiger partial charge in [0.2, 0.25) is 0 Å². The van der Waals surface area contributed by atoms with Gasteiger partial charge in [-0.1, -0.05) is 51.3 Å². The Kier molecular flexibility index (Phi) is 6.71. The van der Waals surface area contributed by atoms with Crippen LogP contribution in [0, 0.1) is 0 Å². The van der Waals surface area contributed by atoms with E-state index in [9.17, 15) is 0 Å². The van der Waals surface area contributed by atoms with Gasteiger partial charge in [0, 0.05) is 0 Å². The molecule has 1 aromatic carbocycles. The fourth-order valence-corrected chi connectivity index (χ4v) is 1.90. The molecule has 0 spiro atoms. The summed E-state index contributed by atoms with van der Waals surface area (Å²) in [5.41, 5.74) is 0. The van der Waals surface area contributed by atoms with E-state index in [1.165, 1.54) is 38.5 Å². The highest BCUT2D eigenvalue weighted by atomic mass is 16.5. The number of rotatable bonds is 8. The van der Waals surface area contributed by atoms with Gasteiger partial charge in [0.05, 0.1) is 6.10 Å². The third-order valence-corrected chi connectivity index (χ3v) is 2.79. The van der Waals surface area contributed by atoms with Crippen LogP contribution in [-0.4, -0.2) is 6.10 Å².